The van der Waals surface area contributed by atoms with E-state index in [4.69, 9.17) is 18.6 Å². The molecule has 3 rings (SSSR count). The Morgan fingerprint density at radius 2 is 2.22 bits per heavy atom. The van der Waals surface area contributed by atoms with E-state index >= 15 is 0 Å². The molecule has 1 unspecified atom stereocenters. The molecule has 1 aliphatic heterocycles. The minimum atomic E-state index is -0.299. The van der Waals surface area contributed by atoms with Crippen molar-refractivity contribution in [1.29, 1.82) is 0 Å². The van der Waals surface area contributed by atoms with E-state index in [9.17, 15) is 4.79 Å². The van der Waals surface area contributed by atoms with Crippen molar-refractivity contribution in [2.45, 2.75) is 26.9 Å². The summed E-state index contributed by atoms with van der Waals surface area (Å²) in [6.45, 7) is 4.95. The topological polar surface area (TPSA) is 57.9 Å². The Morgan fingerprint density at radius 3 is 2.96 bits per heavy atom. The van der Waals surface area contributed by atoms with Gasteiger partial charge in [0.25, 0.3) is 0 Å². The maximum absolute atomic E-state index is 12.3. The van der Waals surface area contributed by atoms with Gasteiger partial charge in [0, 0.05) is 5.56 Å². The molecular weight excluding hydrogens is 296 g/mol. The zero-order valence-electron chi connectivity index (χ0n) is 13.3. The number of rotatable bonds is 5. The van der Waals surface area contributed by atoms with Gasteiger partial charge in [-0.3, -0.25) is 4.79 Å². The molecule has 1 aliphatic rings. The third kappa shape index (κ3) is 3.50. The van der Waals surface area contributed by atoms with E-state index < -0.39 is 0 Å². The molecule has 1 atom stereocenters. The second kappa shape index (κ2) is 6.77. The normalized spacial score (nSPS) is 16.3. The average molecular weight is 316 g/mol. The zero-order chi connectivity index (χ0) is 16.2. The summed E-state index contributed by atoms with van der Waals surface area (Å²) < 4.78 is 21.8. The number of benzene rings is 1. The molecule has 0 saturated heterocycles. The number of hydrogen-bond donors (Lipinski definition) is 0. The maximum Gasteiger partial charge on any atom is 0.313 e. The number of fused-ring (bicyclic) bond motifs is 1. The van der Waals surface area contributed by atoms with Crippen LogP contribution in [0.25, 0.3) is 0 Å². The van der Waals surface area contributed by atoms with E-state index in [1.807, 2.05) is 38.1 Å². The van der Waals surface area contributed by atoms with Crippen LogP contribution in [0.15, 0.2) is 34.9 Å². The van der Waals surface area contributed by atoms with E-state index in [1.54, 1.807) is 6.26 Å². The number of esters is 1. The summed E-state index contributed by atoms with van der Waals surface area (Å²) in [6, 6.07) is 7.50. The standard InChI is InChI=1S/C18H20O5/c1-3-20-16-4-5-17-14(9-16)8-15(11-22-17)18(19)23-10-13-6-7-21-12(13)2/h4-7,9,15H,3,8,10-11H2,1-2H3. The average Bonchev–Trinajstić information content (AvgIpc) is 2.97. The van der Waals surface area contributed by atoms with Gasteiger partial charge in [0.1, 0.15) is 30.5 Å². The van der Waals surface area contributed by atoms with Gasteiger partial charge in [-0.05, 0) is 50.1 Å². The number of aryl methyl sites for hydroxylation is 1. The van der Waals surface area contributed by atoms with Crippen molar-refractivity contribution in [2.75, 3.05) is 13.2 Å². The van der Waals surface area contributed by atoms with Gasteiger partial charge in [-0.2, -0.15) is 0 Å². The Bertz CT molecular complexity index is 688. The maximum atomic E-state index is 12.3. The fourth-order valence-electron chi connectivity index (χ4n) is 2.61. The van der Waals surface area contributed by atoms with Crippen molar-refractivity contribution in [1.82, 2.24) is 0 Å². The Kier molecular flexibility index (Phi) is 4.55. The minimum absolute atomic E-state index is 0.226. The van der Waals surface area contributed by atoms with Gasteiger partial charge in [-0.25, -0.2) is 0 Å². The largest absolute Gasteiger partial charge is 0.494 e. The highest BCUT2D eigenvalue weighted by atomic mass is 16.5. The number of furan rings is 1. The van der Waals surface area contributed by atoms with Crippen LogP contribution in [0.1, 0.15) is 23.8 Å². The van der Waals surface area contributed by atoms with Gasteiger partial charge in [0.15, 0.2) is 0 Å². The molecule has 0 saturated carbocycles. The Balaban J connectivity index is 1.62. The molecule has 2 aromatic rings. The van der Waals surface area contributed by atoms with Gasteiger partial charge in [0.05, 0.1) is 18.8 Å². The molecule has 5 nitrogen and oxygen atoms in total. The zero-order valence-corrected chi connectivity index (χ0v) is 13.3. The lowest BCUT2D eigenvalue weighted by Crippen LogP contribution is -2.29. The van der Waals surface area contributed by atoms with Gasteiger partial charge in [-0.15, -0.1) is 0 Å². The molecule has 0 bridgehead atoms. The van der Waals surface area contributed by atoms with Crippen LogP contribution in [0.4, 0.5) is 0 Å². The molecule has 0 amide bonds. The first-order valence-electron chi connectivity index (χ1n) is 7.75. The molecule has 0 aliphatic carbocycles. The number of carbonyl (C=O) groups is 1. The van der Waals surface area contributed by atoms with Gasteiger partial charge < -0.3 is 18.6 Å². The van der Waals surface area contributed by atoms with Crippen molar-refractivity contribution < 1.29 is 23.4 Å². The molecule has 23 heavy (non-hydrogen) atoms. The lowest BCUT2D eigenvalue weighted by Gasteiger charge is -2.24. The summed E-state index contributed by atoms with van der Waals surface area (Å²) in [4.78, 5) is 12.3. The number of ether oxygens (including phenoxy) is 3. The van der Waals surface area contributed by atoms with E-state index in [2.05, 4.69) is 0 Å². The van der Waals surface area contributed by atoms with Crippen molar-refractivity contribution in [3.05, 3.63) is 47.4 Å². The smallest absolute Gasteiger partial charge is 0.313 e. The Hall–Kier alpha value is -2.43. The number of carbonyl (C=O) groups excluding carboxylic acids is 1. The number of hydrogen-bond acceptors (Lipinski definition) is 5. The predicted octanol–water partition coefficient (Wildman–Crippen LogP) is 3.28. The lowest BCUT2D eigenvalue weighted by molar-refractivity contribution is -0.151. The SMILES string of the molecule is CCOc1ccc2c(c1)CC(C(=O)OCc1ccoc1C)CO2. The van der Waals surface area contributed by atoms with Crippen LogP contribution in [-0.2, 0) is 22.6 Å². The lowest BCUT2D eigenvalue weighted by atomic mass is 9.96. The first-order valence-corrected chi connectivity index (χ1v) is 7.75. The van der Waals surface area contributed by atoms with Crippen molar-refractivity contribution in [3.8, 4) is 11.5 Å². The van der Waals surface area contributed by atoms with Crippen molar-refractivity contribution >= 4 is 5.97 Å². The summed E-state index contributed by atoms with van der Waals surface area (Å²) >= 11 is 0. The van der Waals surface area contributed by atoms with Crippen LogP contribution in [-0.4, -0.2) is 19.2 Å². The van der Waals surface area contributed by atoms with E-state index in [-0.39, 0.29) is 18.5 Å². The Labute approximate surface area is 135 Å². The van der Waals surface area contributed by atoms with Crippen LogP contribution >= 0.6 is 0 Å². The van der Waals surface area contributed by atoms with Gasteiger partial charge in [0.2, 0.25) is 0 Å². The van der Waals surface area contributed by atoms with Gasteiger partial charge >= 0.3 is 5.97 Å². The third-order valence-electron chi connectivity index (χ3n) is 3.92. The van der Waals surface area contributed by atoms with Crippen LogP contribution in [0, 0.1) is 12.8 Å². The molecule has 0 radical (unpaired) electrons. The molecule has 1 aromatic carbocycles. The molecule has 122 valence electrons. The molecule has 0 spiro atoms. The fraction of sp³-hybridized carbons (Fsp3) is 0.389. The summed E-state index contributed by atoms with van der Waals surface area (Å²) in [7, 11) is 0. The van der Waals surface area contributed by atoms with Crippen LogP contribution in [0.5, 0.6) is 11.5 Å². The predicted molar refractivity (Wildman–Crippen MR) is 83.5 cm³/mol. The fourth-order valence-corrected chi connectivity index (χ4v) is 2.61. The highest BCUT2D eigenvalue weighted by Gasteiger charge is 2.27. The first-order chi connectivity index (χ1) is 11.2. The monoisotopic (exact) mass is 316 g/mol. The third-order valence-corrected chi connectivity index (χ3v) is 3.92. The van der Waals surface area contributed by atoms with E-state index in [0.29, 0.717) is 19.6 Å². The molecule has 5 heteroatoms. The summed E-state index contributed by atoms with van der Waals surface area (Å²) in [5, 5.41) is 0. The van der Waals surface area contributed by atoms with E-state index in [1.165, 1.54) is 0 Å². The van der Waals surface area contributed by atoms with Gasteiger partial charge in [-0.1, -0.05) is 0 Å². The second-order valence-corrected chi connectivity index (χ2v) is 5.52. The van der Waals surface area contributed by atoms with Crippen molar-refractivity contribution in [2.24, 2.45) is 5.92 Å². The molecule has 0 N–H and O–H groups in total. The van der Waals surface area contributed by atoms with Crippen LogP contribution in [0.2, 0.25) is 0 Å². The molecule has 1 aromatic heterocycles. The van der Waals surface area contributed by atoms with Crippen molar-refractivity contribution in [3.63, 3.8) is 0 Å². The summed E-state index contributed by atoms with van der Waals surface area (Å²) in [5.74, 6) is 1.81. The molecule has 2 heterocycles. The second-order valence-electron chi connectivity index (χ2n) is 5.52. The quantitative estimate of drug-likeness (QED) is 0.792. The van der Waals surface area contributed by atoms with E-state index in [0.717, 1.165) is 28.4 Å². The highest BCUT2D eigenvalue weighted by molar-refractivity contribution is 5.73. The first kappa shape index (κ1) is 15.5. The van der Waals surface area contributed by atoms with Crippen LogP contribution < -0.4 is 9.47 Å². The molecule has 0 fully saturated rings. The Morgan fingerprint density at radius 1 is 1.35 bits per heavy atom. The summed E-state index contributed by atoms with van der Waals surface area (Å²) in [5.41, 5.74) is 1.86. The van der Waals surface area contributed by atoms with Crippen LogP contribution in [0.3, 0.4) is 0 Å². The minimum Gasteiger partial charge on any atom is -0.494 e. The highest BCUT2D eigenvalue weighted by Crippen LogP contribution is 2.31. The molecular formula is C18H20O5. The summed E-state index contributed by atoms with van der Waals surface area (Å²) in [6.07, 6.45) is 2.19.